The number of ether oxygens (including phenoxy) is 1. The van der Waals surface area contributed by atoms with Gasteiger partial charge in [-0.15, -0.1) is 11.6 Å². The summed E-state index contributed by atoms with van der Waals surface area (Å²) >= 11 is 5.71. The van der Waals surface area contributed by atoms with E-state index in [2.05, 4.69) is 11.9 Å². The molecule has 0 radical (unpaired) electrons. The van der Waals surface area contributed by atoms with Crippen molar-refractivity contribution in [2.45, 2.75) is 5.88 Å². The predicted octanol–water partition coefficient (Wildman–Crippen LogP) is 3.16. The Balaban J connectivity index is 2.63. The average molecular weight is 226 g/mol. The van der Waals surface area contributed by atoms with Crippen LogP contribution < -0.4 is 5.32 Å². The van der Waals surface area contributed by atoms with Gasteiger partial charge in [0.1, 0.15) is 6.61 Å². The molecule has 3 nitrogen and oxygen atoms in total. The number of alkyl halides is 1. The first-order valence-corrected chi connectivity index (χ1v) is 5.00. The monoisotopic (exact) mass is 225 g/mol. The Morgan fingerprint density at radius 3 is 2.93 bits per heavy atom. The number of para-hydroxylation sites is 1. The van der Waals surface area contributed by atoms with Crippen LogP contribution in [0.15, 0.2) is 36.9 Å². The number of halogens is 1. The second-order valence-corrected chi connectivity index (χ2v) is 3.07. The number of hydrogen-bond donors (Lipinski definition) is 1. The lowest BCUT2D eigenvalue weighted by Crippen LogP contribution is -2.14. The number of nitrogens with one attached hydrogen (secondary N) is 1. The summed E-state index contributed by atoms with van der Waals surface area (Å²) in [5.74, 6) is 0.345. The van der Waals surface area contributed by atoms with Crippen molar-refractivity contribution in [2.75, 3.05) is 11.9 Å². The van der Waals surface area contributed by atoms with E-state index in [1.54, 1.807) is 6.07 Å². The first kappa shape index (κ1) is 11.6. The average Bonchev–Trinajstić information content (AvgIpc) is 2.27. The van der Waals surface area contributed by atoms with Gasteiger partial charge < -0.3 is 4.74 Å². The van der Waals surface area contributed by atoms with Crippen LogP contribution in [-0.2, 0) is 10.6 Å². The predicted molar refractivity (Wildman–Crippen MR) is 61.2 cm³/mol. The summed E-state index contributed by atoms with van der Waals surface area (Å²) in [6, 6.07) is 7.29. The summed E-state index contributed by atoms with van der Waals surface area (Å²) in [4.78, 5) is 11.2. The van der Waals surface area contributed by atoms with Crippen LogP contribution in [0.1, 0.15) is 5.56 Å². The highest BCUT2D eigenvalue weighted by Crippen LogP contribution is 2.16. The van der Waals surface area contributed by atoms with Crippen LogP contribution in [0.3, 0.4) is 0 Å². The summed E-state index contributed by atoms with van der Waals surface area (Å²) in [6.07, 6.45) is 1.00. The zero-order valence-electron chi connectivity index (χ0n) is 8.20. The Bertz CT molecular complexity index is 352. The molecular formula is C11H12ClNO2. The normalized spacial score (nSPS) is 9.40. The molecule has 0 saturated heterocycles. The van der Waals surface area contributed by atoms with Gasteiger partial charge in [0.25, 0.3) is 0 Å². The fourth-order valence-electron chi connectivity index (χ4n) is 1.04. The molecule has 0 saturated carbocycles. The third-order valence-corrected chi connectivity index (χ3v) is 2.02. The van der Waals surface area contributed by atoms with Gasteiger partial charge in [0.15, 0.2) is 0 Å². The van der Waals surface area contributed by atoms with Crippen LogP contribution in [0.4, 0.5) is 10.5 Å². The molecule has 1 N–H and O–H groups in total. The molecule has 0 aliphatic carbocycles. The minimum absolute atomic E-state index is 0.189. The van der Waals surface area contributed by atoms with E-state index in [4.69, 9.17) is 16.3 Å². The number of carbonyl (C=O) groups excluding carboxylic acids is 1. The van der Waals surface area contributed by atoms with Crippen molar-refractivity contribution < 1.29 is 9.53 Å². The number of benzene rings is 1. The molecule has 1 aromatic carbocycles. The smallest absolute Gasteiger partial charge is 0.411 e. The van der Waals surface area contributed by atoms with Crippen molar-refractivity contribution in [2.24, 2.45) is 0 Å². The van der Waals surface area contributed by atoms with Crippen LogP contribution in [-0.4, -0.2) is 12.7 Å². The van der Waals surface area contributed by atoms with Crippen LogP contribution in [0.5, 0.6) is 0 Å². The van der Waals surface area contributed by atoms with E-state index in [-0.39, 0.29) is 6.61 Å². The minimum atomic E-state index is -0.507. The Labute approximate surface area is 93.7 Å². The largest absolute Gasteiger partial charge is 0.445 e. The third kappa shape index (κ3) is 3.64. The molecule has 4 heteroatoms. The molecular weight excluding hydrogens is 214 g/mol. The molecule has 0 unspecified atom stereocenters. The van der Waals surface area contributed by atoms with Crippen LogP contribution in [0.25, 0.3) is 0 Å². The molecule has 0 atom stereocenters. The van der Waals surface area contributed by atoms with E-state index in [0.29, 0.717) is 11.6 Å². The highest BCUT2D eigenvalue weighted by Gasteiger charge is 2.05. The van der Waals surface area contributed by atoms with Gasteiger partial charge in [-0.2, -0.15) is 0 Å². The highest BCUT2D eigenvalue weighted by molar-refractivity contribution is 6.17. The van der Waals surface area contributed by atoms with E-state index in [1.165, 1.54) is 6.08 Å². The van der Waals surface area contributed by atoms with E-state index >= 15 is 0 Å². The molecule has 1 rings (SSSR count). The molecule has 0 fully saturated rings. The number of hydrogen-bond acceptors (Lipinski definition) is 2. The molecule has 0 heterocycles. The molecule has 0 spiro atoms. The quantitative estimate of drug-likeness (QED) is 0.632. The van der Waals surface area contributed by atoms with Gasteiger partial charge in [-0.05, 0) is 11.6 Å². The second-order valence-electron chi connectivity index (χ2n) is 2.80. The van der Waals surface area contributed by atoms with Gasteiger partial charge >= 0.3 is 6.09 Å². The van der Waals surface area contributed by atoms with Crippen LogP contribution in [0.2, 0.25) is 0 Å². The summed E-state index contributed by atoms with van der Waals surface area (Å²) in [5.41, 5.74) is 1.52. The lowest BCUT2D eigenvalue weighted by molar-refractivity contribution is 0.174. The summed E-state index contributed by atoms with van der Waals surface area (Å²) < 4.78 is 4.78. The minimum Gasteiger partial charge on any atom is -0.445 e. The summed E-state index contributed by atoms with van der Waals surface area (Å²) in [5, 5.41) is 2.60. The molecule has 1 amide bonds. The SMILES string of the molecule is C=CCOC(=O)Nc1ccccc1CCl. The van der Waals surface area contributed by atoms with Crippen molar-refractivity contribution in [1.29, 1.82) is 0 Å². The second kappa shape index (κ2) is 6.09. The lowest BCUT2D eigenvalue weighted by atomic mass is 10.2. The number of amides is 1. The number of rotatable bonds is 4. The van der Waals surface area contributed by atoms with Gasteiger partial charge in [0, 0.05) is 11.6 Å². The fourth-order valence-corrected chi connectivity index (χ4v) is 1.27. The third-order valence-electron chi connectivity index (χ3n) is 1.73. The number of anilines is 1. The standard InChI is InChI=1S/C11H12ClNO2/c1-2-7-15-11(14)13-10-6-4-3-5-9(10)8-12/h2-6H,1,7-8H2,(H,13,14). The first-order chi connectivity index (χ1) is 7.27. The zero-order valence-corrected chi connectivity index (χ0v) is 8.96. The van der Waals surface area contributed by atoms with Crippen molar-refractivity contribution >= 4 is 23.4 Å². The van der Waals surface area contributed by atoms with Crippen molar-refractivity contribution in [3.63, 3.8) is 0 Å². The molecule has 0 aliphatic heterocycles. The Morgan fingerprint density at radius 1 is 1.53 bits per heavy atom. The van der Waals surface area contributed by atoms with E-state index in [1.807, 2.05) is 18.2 Å². The zero-order chi connectivity index (χ0) is 11.1. The summed E-state index contributed by atoms with van der Waals surface area (Å²) in [6.45, 7) is 3.64. The maximum Gasteiger partial charge on any atom is 0.411 e. The van der Waals surface area contributed by atoms with Gasteiger partial charge in [0.2, 0.25) is 0 Å². The Hall–Kier alpha value is -1.48. The van der Waals surface area contributed by atoms with Crippen molar-refractivity contribution in [1.82, 2.24) is 0 Å². The van der Waals surface area contributed by atoms with Gasteiger partial charge in [-0.1, -0.05) is 30.9 Å². The lowest BCUT2D eigenvalue weighted by Gasteiger charge is -2.08. The summed E-state index contributed by atoms with van der Waals surface area (Å²) in [7, 11) is 0. The van der Waals surface area contributed by atoms with E-state index in [9.17, 15) is 4.79 Å². The number of carbonyl (C=O) groups is 1. The molecule has 1 aromatic rings. The molecule has 80 valence electrons. The topological polar surface area (TPSA) is 38.3 Å². The first-order valence-electron chi connectivity index (χ1n) is 4.46. The van der Waals surface area contributed by atoms with E-state index < -0.39 is 6.09 Å². The van der Waals surface area contributed by atoms with Gasteiger partial charge in [-0.25, -0.2) is 4.79 Å². The van der Waals surface area contributed by atoms with Gasteiger partial charge in [-0.3, -0.25) is 5.32 Å². The Kier molecular flexibility index (Phi) is 4.71. The maximum atomic E-state index is 11.2. The van der Waals surface area contributed by atoms with Crippen LogP contribution in [0, 0.1) is 0 Å². The van der Waals surface area contributed by atoms with Gasteiger partial charge in [0.05, 0.1) is 0 Å². The maximum absolute atomic E-state index is 11.2. The van der Waals surface area contributed by atoms with E-state index in [0.717, 1.165) is 5.56 Å². The molecule has 0 aromatic heterocycles. The van der Waals surface area contributed by atoms with Crippen LogP contribution >= 0.6 is 11.6 Å². The fraction of sp³-hybridized carbons (Fsp3) is 0.182. The highest BCUT2D eigenvalue weighted by atomic mass is 35.5. The van der Waals surface area contributed by atoms with Crippen molar-refractivity contribution in [3.05, 3.63) is 42.5 Å². The molecule has 0 aliphatic rings. The Morgan fingerprint density at radius 2 is 2.27 bits per heavy atom. The molecule has 0 bridgehead atoms. The molecule has 15 heavy (non-hydrogen) atoms. The van der Waals surface area contributed by atoms with Crippen molar-refractivity contribution in [3.8, 4) is 0 Å².